The SMILES string of the molecule is CCc1noc(C)c1C(=O)OCC(=O)Nc1sc(C)c(C)c1C(=O)OC. The van der Waals surface area contributed by atoms with Gasteiger partial charge in [-0.3, -0.25) is 4.79 Å². The molecular weight excluding hydrogens is 360 g/mol. The number of methoxy groups -OCH3 is 1. The predicted molar refractivity (Wildman–Crippen MR) is 94.7 cm³/mol. The van der Waals surface area contributed by atoms with Crippen LogP contribution < -0.4 is 5.32 Å². The highest BCUT2D eigenvalue weighted by Crippen LogP contribution is 2.32. The number of carbonyl (C=O) groups excluding carboxylic acids is 3. The molecule has 2 aromatic heterocycles. The third-order valence-corrected chi connectivity index (χ3v) is 4.96. The van der Waals surface area contributed by atoms with E-state index in [0.717, 1.165) is 10.4 Å². The summed E-state index contributed by atoms with van der Waals surface area (Å²) in [5.74, 6) is -1.43. The Kier molecular flexibility index (Phi) is 6.14. The van der Waals surface area contributed by atoms with Crippen LogP contribution in [0.2, 0.25) is 0 Å². The van der Waals surface area contributed by atoms with Gasteiger partial charge < -0.3 is 19.3 Å². The van der Waals surface area contributed by atoms with Crippen molar-refractivity contribution in [3.8, 4) is 0 Å². The molecule has 0 spiro atoms. The zero-order valence-electron chi connectivity index (χ0n) is 15.2. The Morgan fingerprint density at radius 1 is 1.15 bits per heavy atom. The van der Waals surface area contributed by atoms with E-state index < -0.39 is 24.5 Å². The van der Waals surface area contributed by atoms with Crippen LogP contribution in [-0.4, -0.2) is 36.7 Å². The van der Waals surface area contributed by atoms with Gasteiger partial charge in [0, 0.05) is 4.88 Å². The summed E-state index contributed by atoms with van der Waals surface area (Å²) in [6.45, 7) is 6.54. The zero-order chi connectivity index (χ0) is 19.4. The first-order valence-electron chi connectivity index (χ1n) is 7.90. The first-order chi connectivity index (χ1) is 12.3. The normalized spacial score (nSPS) is 10.5. The molecule has 1 N–H and O–H groups in total. The van der Waals surface area contributed by atoms with Gasteiger partial charge in [-0.15, -0.1) is 11.3 Å². The number of hydrogen-bond donors (Lipinski definition) is 1. The third kappa shape index (κ3) is 3.93. The second kappa shape index (κ2) is 8.13. The summed E-state index contributed by atoms with van der Waals surface area (Å²) in [5.41, 5.74) is 1.75. The fraction of sp³-hybridized carbons (Fsp3) is 0.412. The van der Waals surface area contributed by atoms with Gasteiger partial charge in [0.2, 0.25) is 0 Å². The largest absolute Gasteiger partial charge is 0.465 e. The Morgan fingerprint density at radius 2 is 1.85 bits per heavy atom. The van der Waals surface area contributed by atoms with Crippen molar-refractivity contribution in [3.63, 3.8) is 0 Å². The standard InChI is InChI=1S/C17H20N2O6S/c1-6-11-14(9(3)25-19-11)17(22)24-7-12(20)18-15-13(16(21)23-5)8(2)10(4)26-15/h6-7H2,1-5H3,(H,18,20). The summed E-state index contributed by atoms with van der Waals surface area (Å²) in [5, 5.41) is 6.73. The molecule has 0 saturated carbocycles. The maximum Gasteiger partial charge on any atom is 0.344 e. The lowest BCUT2D eigenvalue weighted by Gasteiger charge is -2.07. The molecule has 0 aliphatic carbocycles. The Bertz CT molecular complexity index is 852. The molecule has 0 radical (unpaired) electrons. The molecule has 140 valence electrons. The maximum absolute atomic E-state index is 12.2. The molecular formula is C17H20N2O6S. The number of aryl methyl sites for hydroxylation is 3. The van der Waals surface area contributed by atoms with Crippen molar-refractivity contribution in [1.82, 2.24) is 5.16 Å². The highest BCUT2D eigenvalue weighted by molar-refractivity contribution is 7.16. The number of esters is 2. The van der Waals surface area contributed by atoms with E-state index >= 15 is 0 Å². The molecule has 1 amide bonds. The van der Waals surface area contributed by atoms with E-state index in [0.29, 0.717) is 28.4 Å². The quantitative estimate of drug-likeness (QED) is 0.768. The second-order valence-corrected chi connectivity index (χ2v) is 6.74. The minimum atomic E-state index is -0.678. The Hall–Kier alpha value is -2.68. The van der Waals surface area contributed by atoms with E-state index in [4.69, 9.17) is 14.0 Å². The zero-order valence-corrected chi connectivity index (χ0v) is 16.0. The fourth-order valence-electron chi connectivity index (χ4n) is 2.35. The Balaban J connectivity index is 2.06. The van der Waals surface area contributed by atoms with Crippen LogP contribution in [0.5, 0.6) is 0 Å². The van der Waals surface area contributed by atoms with Crippen LogP contribution in [0.25, 0.3) is 0 Å². The highest BCUT2D eigenvalue weighted by Gasteiger charge is 2.24. The number of nitrogens with one attached hydrogen (secondary N) is 1. The minimum absolute atomic E-state index is 0.235. The van der Waals surface area contributed by atoms with Gasteiger partial charge in [-0.2, -0.15) is 0 Å². The van der Waals surface area contributed by atoms with Crippen LogP contribution in [0.1, 0.15) is 49.5 Å². The molecule has 2 rings (SSSR count). The van der Waals surface area contributed by atoms with Crippen molar-refractivity contribution < 1.29 is 28.4 Å². The molecule has 2 aromatic rings. The van der Waals surface area contributed by atoms with Gasteiger partial charge in [0.1, 0.15) is 16.3 Å². The lowest BCUT2D eigenvalue weighted by atomic mass is 10.1. The molecule has 0 aliphatic heterocycles. The summed E-state index contributed by atoms with van der Waals surface area (Å²) in [6.07, 6.45) is 0.504. The number of amides is 1. The average Bonchev–Trinajstić information content (AvgIpc) is 3.12. The number of anilines is 1. The molecule has 0 unspecified atom stereocenters. The number of rotatable bonds is 6. The van der Waals surface area contributed by atoms with Gasteiger partial charge in [0.05, 0.1) is 18.4 Å². The molecule has 26 heavy (non-hydrogen) atoms. The van der Waals surface area contributed by atoms with Crippen LogP contribution in [-0.2, 0) is 20.7 Å². The highest BCUT2D eigenvalue weighted by atomic mass is 32.1. The smallest absolute Gasteiger partial charge is 0.344 e. The third-order valence-electron chi connectivity index (χ3n) is 3.83. The number of ether oxygens (including phenoxy) is 2. The van der Waals surface area contributed by atoms with E-state index in [-0.39, 0.29) is 5.56 Å². The predicted octanol–water partition coefficient (Wildman–Crippen LogP) is 2.81. The Morgan fingerprint density at radius 3 is 2.46 bits per heavy atom. The van der Waals surface area contributed by atoms with Crippen molar-refractivity contribution >= 4 is 34.2 Å². The lowest BCUT2D eigenvalue weighted by Crippen LogP contribution is -2.22. The molecule has 9 heteroatoms. The van der Waals surface area contributed by atoms with Crippen LogP contribution in [0, 0.1) is 20.8 Å². The van der Waals surface area contributed by atoms with Gasteiger partial charge in [-0.25, -0.2) is 9.59 Å². The maximum atomic E-state index is 12.2. The number of thiophene rings is 1. The molecule has 0 fully saturated rings. The van der Waals surface area contributed by atoms with Crippen molar-refractivity contribution in [2.45, 2.75) is 34.1 Å². The van der Waals surface area contributed by atoms with Crippen molar-refractivity contribution in [1.29, 1.82) is 0 Å². The first kappa shape index (κ1) is 19.6. The van der Waals surface area contributed by atoms with Crippen LogP contribution in [0.3, 0.4) is 0 Å². The molecule has 8 nitrogen and oxygen atoms in total. The average molecular weight is 380 g/mol. The van der Waals surface area contributed by atoms with E-state index in [2.05, 4.69) is 10.5 Å². The first-order valence-corrected chi connectivity index (χ1v) is 8.72. The number of hydrogen-bond acceptors (Lipinski definition) is 8. The van der Waals surface area contributed by atoms with Gasteiger partial charge >= 0.3 is 11.9 Å². The summed E-state index contributed by atoms with van der Waals surface area (Å²) in [6, 6.07) is 0. The van der Waals surface area contributed by atoms with Crippen molar-refractivity contribution in [2.24, 2.45) is 0 Å². The van der Waals surface area contributed by atoms with E-state index in [1.54, 1.807) is 13.8 Å². The summed E-state index contributed by atoms with van der Waals surface area (Å²) >= 11 is 1.26. The molecule has 0 saturated heterocycles. The van der Waals surface area contributed by atoms with E-state index in [9.17, 15) is 14.4 Å². The number of carbonyl (C=O) groups is 3. The fourth-order valence-corrected chi connectivity index (χ4v) is 3.41. The molecule has 0 atom stereocenters. The van der Waals surface area contributed by atoms with Gasteiger partial charge in [-0.1, -0.05) is 12.1 Å². The number of aromatic nitrogens is 1. The lowest BCUT2D eigenvalue weighted by molar-refractivity contribution is -0.119. The van der Waals surface area contributed by atoms with Gasteiger partial charge in [0.25, 0.3) is 5.91 Å². The van der Waals surface area contributed by atoms with Gasteiger partial charge in [0.15, 0.2) is 6.61 Å². The second-order valence-electron chi connectivity index (χ2n) is 5.52. The molecule has 2 heterocycles. The van der Waals surface area contributed by atoms with Crippen LogP contribution in [0.15, 0.2) is 4.52 Å². The van der Waals surface area contributed by atoms with E-state index in [1.807, 2.05) is 13.8 Å². The van der Waals surface area contributed by atoms with E-state index in [1.165, 1.54) is 18.4 Å². The summed E-state index contributed by atoms with van der Waals surface area (Å²) in [4.78, 5) is 37.1. The Labute approximate surface area is 154 Å². The molecule has 0 bridgehead atoms. The van der Waals surface area contributed by atoms with Crippen LogP contribution in [0.4, 0.5) is 5.00 Å². The van der Waals surface area contributed by atoms with Gasteiger partial charge in [-0.05, 0) is 32.8 Å². The van der Waals surface area contributed by atoms with Crippen molar-refractivity contribution in [3.05, 3.63) is 33.0 Å². The monoisotopic (exact) mass is 380 g/mol. The molecule has 0 aliphatic rings. The van der Waals surface area contributed by atoms with Crippen molar-refractivity contribution in [2.75, 3.05) is 19.0 Å². The summed E-state index contributed by atoms with van der Waals surface area (Å²) < 4.78 is 14.8. The molecule has 0 aromatic carbocycles. The van der Waals surface area contributed by atoms with Crippen LogP contribution >= 0.6 is 11.3 Å². The number of nitrogens with zero attached hydrogens (tertiary/aromatic N) is 1. The topological polar surface area (TPSA) is 108 Å². The summed E-state index contributed by atoms with van der Waals surface area (Å²) in [7, 11) is 1.27. The minimum Gasteiger partial charge on any atom is -0.465 e.